The van der Waals surface area contributed by atoms with Gasteiger partial charge in [-0.3, -0.25) is 9.59 Å². The van der Waals surface area contributed by atoms with Crippen molar-refractivity contribution in [3.05, 3.63) is 48.6 Å². The zero-order valence-corrected chi connectivity index (χ0v) is 30.4. The summed E-state index contributed by atoms with van der Waals surface area (Å²) in [5.41, 5.74) is 0. The van der Waals surface area contributed by atoms with E-state index in [1.807, 2.05) is 0 Å². The molecule has 4 heteroatoms. The Morgan fingerprint density at radius 3 is 1.30 bits per heavy atom. The fourth-order valence-electron chi connectivity index (χ4n) is 5.66. The lowest BCUT2D eigenvalue weighted by Gasteiger charge is -2.16. The molecule has 0 amide bonds. The molecule has 0 aromatic carbocycles. The van der Waals surface area contributed by atoms with Gasteiger partial charge in [0.05, 0.1) is 6.42 Å². The van der Waals surface area contributed by atoms with Crippen LogP contribution in [0.1, 0.15) is 200 Å². The van der Waals surface area contributed by atoms with Crippen molar-refractivity contribution in [3.63, 3.8) is 0 Å². The van der Waals surface area contributed by atoms with E-state index in [4.69, 9.17) is 4.74 Å². The SMILES string of the molecule is CCCCC/C=C\C/C=C\C/C=C\C/C=C\CCCC(=O)OC(CCCCCCCCCCCCCCCCCCC)CC(=O)O. The topological polar surface area (TPSA) is 63.6 Å². The van der Waals surface area contributed by atoms with E-state index in [0.29, 0.717) is 12.8 Å². The van der Waals surface area contributed by atoms with Gasteiger partial charge in [-0.05, 0) is 57.8 Å². The van der Waals surface area contributed by atoms with Gasteiger partial charge in [0.15, 0.2) is 0 Å². The van der Waals surface area contributed by atoms with E-state index in [-0.39, 0.29) is 12.4 Å². The minimum atomic E-state index is -0.897. The average molecular weight is 643 g/mol. The van der Waals surface area contributed by atoms with Gasteiger partial charge in [0.2, 0.25) is 0 Å². The number of rotatable bonds is 35. The summed E-state index contributed by atoms with van der Waals surface area (Å²) in [5.74, 6) is -1.17. The molecule has 0 aliphatic heterocycles. The molecule has 1 unspecified atom stereocenters. The van der Waals surface area contributed by atoms with Crippen molar-refractivity contribution < 1.29 is 19.4 Å². The minimum absolute atomic E-state index is 0.0955. The molecule has 0 spiro atoms. The second-order valence-electron chi connectivity index (χ2n) is 13.1. The van der Waals surface area contributed by atoms with Gasteiger partial charge in [-0.15, -0.1) is 0 Å². The highest BCUT2D eigenvalue weighted by Crippen LogP contribution is 2.16. The van der Waals surface area contributed by atoms with Crippen molar-refractivity contribution in [2.45, 2.75) is 206 Å². The first-order valence-electron chi connectivity index (χ1n) is 19.6. The molecule has 4 nitrogen and oxygen atoms in total. The number of carbonyl (C=O) groups excluding carboxylic acids is 1. The molecule has 1 N–H and O–H groups in total. The predicted molar refractivity (Wildman–Crippen MR) is 199 cm³/mol. The maximum Gasteiger partial charge on any atom is 0.307 e. The highest BCUT2D eigenvalue weighted by Gasteiger charge is 2.17. The van der Waals surface area contributed by atoms with E-state index >= 15 is 0 Å². The molecule has 46 heavy (non-hydrogen) atoms. The monoisotopic (exact) mass is 643 g/mol. The van der Waals surface area contributed by atoms with Crippen LogP contribution in [0.25, 0.3) is 0 Å². The lowest BCUT2D eigenvalue weighted by molar-refractivity contribution is -0.153. The molecular formula is C42H74O4. The third-order valence-corrected chi connectivity index (χ3v) is 8.54. The number of carboxylic acids is 1. The van der Waals surface area contributed by atoms with Gasteiger partial charge < -0.3 is 9.84 Å². The van der Waals surface area contributed by atoms with Gasteiger partial charge in [-0.2, -0.15) is 0 Å². The van der Waals surface area contributed by atoms with E-state index in [1.54, 1.807) is 0 Å². The molecule has 0 aromatic heterocycles. The molecule has 266 valence electrons. The second-order valence-corrected chi connectivity index (χ2v) is 13.1. The number of esters is 1. The quantitative estimate of drug-likeness (QED) is 0.0424. The Bertz CT molecular complexity index is 779. The largest absolute Gasteiger partial charge is 0.481 e. The maximum absolute atomic E-state index is 12.3. The van der Waals surface area contributed by atoms with Crippen molar-refractivity contribution in [3.8, 4) is 0 Å². The fraction of sp³-hybridized carbons (Fsp3) is 0.762. The number of hydrogen-bond acceptors (Lipinski definition) is 3. The Morgan fingerprint density at radius 1 is 0.500 bits per heavy atom. The van der Waals surface area contributed by atoms with Crippen molar-refractivity contribution in [2.75, 3.05) is 0 Å². The molecule has 0 bridgehead atoms. The lowest BCUT2D eigenvalue weighted by Crippen LogP contribution is -2.21. The first kappa shape index (κ1) is 43.9. The van der Waals surface area contributed by atoms with Crippen LogP contribution in [0, 0.1) is 0 Å². The Kier molecular flexibility index (Phi) is 35.7. The van der Waals surface area contributed by atoms with Gasteiger partial charge in [0.1, 0.15) is 6.10 Å². The number of carbonyl (C=O) groups is 2. The molecule has 0 fully saturated rings. The minimum Gasteiger partial charge on any atom is -0.481 e. The second kappa shape index (κ2) is 37.4. The van der Waals surface area contributed by atoms with Crippen LogP contribution >= 0.6 is 0 Å². The highest BCUT2D eigenvalue weighted by molar-refractivity contribution is 5.71. The standard InChI is InChI=1S/C42H74O4/c1-3-5-7-9-11-13-15-17-19-21-23-25-27-29-31-33-35-37-40(39-41(43)44)46-42(45)38-36-34-32-30-28-26-24-22-20-18-16-14-12-10-8-6-4-2/h12,14,18,20,24,26,30,32,40H,3-11,13,15-17,19,21-23,25,27-29,31,33-39H2,1-2H3,(H,43,44)/b14-12-,20-18-,26-24-,32-30-. The summed E-state index contributed by atoms with van der Waals surface area (Å²) in [4.78, 5) is 23.6. The molecule has 0 aliphatic carbocycles. The third kappa shape index (κ3) is 36.4. The molecule has 0 radical (unpaired) electrons. The summed E-state index contributed by atoms with van der Waals surface area (Å²) < 4.78 is 5.55. The van der Waals surface area contributed by atoms with E-state index in [2.05, 4.69) is 62.5 Å². The molecular weight excluding hydrogens is 568 g/mol. The fourth-order valence-corrected chi connectivity index (χ4v) is 5.66. The summed E-state index contributed by atoms with van der Waals surface area (Å²) in [6.45, 7) is 4.51. The van der Waals surface area contributed by atoms with E-state index in [1.165, 1.54) is 122 Å². The molecule has 0 aromatic rings. The Hall–Kier alpha value is -2.10. The Morgan fingerprint density at radius 2 is 0.870 bits per heavy atom. The number of carboxylic acid groups (broad SMARTS) is 1. The van der Waals surface area contributed by atoms with Crippen molar-refractivity contribution >= 4 is 11.9 Å². The zero-order valence-electron chi connectivity index (χ0n) is 30.4. The van der Waals surface area contributed by atoms with E-state index in [0.717, 1.165) is 44.9 Å². The molecule has 0 rings (SSSR count). The smallest absolute Gasteiger partial charge is 0.307 e. The average Bonchev–Trinajstić information content (AvgIpc) is 3.03. The van der Waals surface area contributed by atoms with Gasteiger partial charge in [-0.25, -0.2) is 0 Å². The van der Waals surface area contributed by atoms with Crippen molar-refractivity contribution in [2.24, 2.45) is 0 Å². The van der Waals surface area contributed by atoms with Gasteiger partial charge >= 0.3 is 11.9 Å². The first-order valence-corrected chi connectivity index (χ1v) is 19.6. The Labute approximate surface area is 285 Å². The zero-order chi connectivity index (χ0) is 33.6. The summed E-state index contributed by atoms with van der Waals surface area (Å²) in [5, 5.41) is 9.26. The number of hydrogen-bond donors (Lipinski definition) is 1. The van der Waals surface area contributed by atoms with Crippen LogP contribution in [0.3, 0.4) is 0 Å². The van der Waals surface area contributed by atoms with E-state index < -0.39 is 12.1 Å². The maximum atomic E-state index is 12.3. The van der Waals surface area contributed by atoms with E-state index in [9.17, 15) is 14.7 Å². The van der Waals surface area contributed by atoms with Crippen LogP contribution in [0.5, 0.6) is 0 Å². The predicted octanol–water partition coefficient (Wildman–Crippen LogP) is 13.6. The summed E-state index contributed by atoms with van der Waals surface area (Å²) in [7, 11) is 0. The van der Waals surface area contributed by atoms with Gasteiger partial charge in [0, 0.05) is 6.42 Å². The number of allylic oxidation sites excluding steroid dienone is 8. The molecule has 1 atom stereocenters. The lowest BCUT2D eigenvalue weighted by atomic mass is 10.0. The number of unbranched alkanes of at least 4 members (excludes halogenated alkanes) is 20. The highest BCUT2D eigenvalue weighted by atomic mass is 16.5. The molecule has 0 aliphatic rings. The third-order valence-electron chi connectivity index (χ3n) is 8.54. The van der Waals surface area contributed by atoms with Crippen LogP contribution in [-0.2, 0) is 14.3 Å². The Balaban J connectivity index is 3.76. The van der Waals surface area contributed by atoms with Gasteiger partial charge in [-0.1, -0.05) is 178 Å². The summed E-state index contributed by atoms with van der Waals surface area (Å²) >= 11 is 0. The van der Waals surface area contributed by atoms with Crippen LogP contribution in [0.4, 0.5) is 0 Å². The summed E-state index contributed by atoms with van der Waals surface area (Å²) in [6.07, 6.45) is 49.9. The van der Waals surface area contributed by atoms with Crippen LogP contribution in [0.15, 0.2) is 48.6 Å². The molecule has 0 heterocycles. The normalized spacial score (nSPS) is 12.7. The van der Waals surface area contributed by atoms with Crippen LogP contribution < -0.4 is 0 Å². The first-order chi connectivity index (χ1) is 22.6. The van der Waals surface area contributed by atoms with Gasteiger partial charge in [0.25, 0.3) is 0 Å². The molecule has 0 saturated carbocycles. The van der Waals surface area contributed by atoms with Crippen LogP contribution in [0.2, 0.25) is 0 Å². The number of aliphatic carboxylic acids is 1. The number of ether oxygens (including phenoxy) is 1. The van der Waals surface area contributed by atoms with Crippen molar-refractivity contribution in [1.29, 1.82) is 0 Å². The van der Waals surface area contributed by atoms with Crippen molar-refractivity contribution in [1.82, 2.24) is 0 Å². The van der Waals surface area contributed by atoms with Crippen LogP contribution in [-0.4, -0.2) is 23.1 Å². The summed E-state index contributed by atoms with van der Waals surface area (Å²) in [6, 6.07) is 0. The molecule has 0 saturated heterocycles.